The topological polar surface area (TPSA) is 26.3 Å². The predicted molar refractivity (Wildman–Crippen MR) is 52.3 cm³/mol. The Balaban J connectivity index is 3.08. The molecule has 0 saturated heterocycles. The minimum absolute atomic E-state index is 0.183. The Labute approximate surface area is 79.3 Å². The third-order valence-corrected chi connectivity index (χ3v) is 2.86. The zero-order chi connectivity index (χ0) is 10.1. The Kier molecular flexibility index (Phi) is 2.60. The summed E-state index contributed by atoms with van der Waals surface area (Å²) in [7, 11) is 1.42. The van der Waals surface area contributed by atoms with Crippen LogP contribution >= 0.6 is 0 Å². The molecule has 0 amide bonds. The fraction of sp³-hybridized carbons (Fsp3) is 0.545. The SMILES string of the molecule is C=CC1(C)CCC(C)=C1C(=O)OC. The van der Waals surface area contributed by atoms with Crippen molar-refractivity contribution >= 4 is 5.97 Å². The molecular formula is C11H16O2. The van der Waals surface area contributed by atoms with E-state index in [1.54, 1.807) is 0 Å². The molecule has 1 aliphatic carbocycles. The first-order valence-electron chi connectivity index (χ1n) is 4.47. The van der Waals surface area contributed by atoms with E-state index < -0.39 is 0 Å². The standard InChI is InChI=1S/C11H16O2/c1-5-11(3)7-6-8(2)9(11)10(12)13-4/h5H,1,6-7H2,2-4H3. The minimum Gasteiger partial charge on any atom is -0.466 e. The average molecular weight is 180 g/mol. The van der Waals surface area contributed by atoms with Gasteiger partial charge in [0.15, 0.2) is 0 Å². The van der Waals surface area contributed by atoms with E-state index in [1.807, 2.05) is 19.9 Å². The van der Waals surface area contributed by atoms with E-state index >= 15 is 0 Å². The molecule has 2 heteroatoms. The molecule has 1 atom stereocenters. The third-order valence-electron chi connectivity index (χ3n) is 2.86. The number of esters is 1. The zero-order valence-electron chi connectivity index (χ0n) is 8.52. The van der Waals surface area contributed by atoms with Gasteiger partial charge in [-0.25, -0.2) is 4.79 Å². The van der Waals surface area contributed by atoms with Crippen molar-refractivity contribution in [3.63, 3.8) is 0 Å². The summed E-state index contributed by atoms with van der Waals surface area (Å²) in [5.74, 6) is -0.211. The Morgan fingerprint density at radius 1 is 1.69 bits per heavy atom. The molecule has 0 aromatic rings. The van der Waals surface area contributed by atoms with Crippen LogP contribution in [-0.4, -0.2) is 13.1 Å². The number of carbonyl (C=O) groups excluding carboxylic acids is 1. The lowest BCUT2D eigenvalue weighted by Gasteiger charge is -2.21. The van der Waals surface area contributed by atoms with E-state index in [2.05, 4.69) is 6.58 Å². The molecule has 0 saturated carbocycles. The van der Waals surface area contributed by atoms with Crippen molar-refractivity contribution in [1.29, 1.82) is 0 Å². The number of carbonyl (C=O) groups is 1. The summed E-state index contributed by atoms with van der Waals surface area (Å²) >= 11 is 0. The van der Waals surface area contributed by atoms with Crippen LogP contribution in [0.3, 0.4) is 0 Å². The van der Waals surface area contributed by atoms with Crippen LogP contribution in [0.15, 0.2) is 23.8 Å². The Bertz CT molecular complexity index is 276. The summed E-state index contributed by atoms with van der Waals surface area (Å²) in [6, 6.07) is 0. The van der Waals surface area contributed by atoms with Crippen molar-refractivity contribution in [3.8, 4) is 0 Å². The summed E-state index contributed by atoms with van der Waals surface area (Å²) in [6.45, 7) is 7.79. The number of allylic oxidation sites excluding steroid dienone is 2. The van der Waals surface area contributed by atoms with Crippen LogP contribution in [0, 0.1) is 5.41 Å². The van der Waals surface area contributed by atoms with Crippen LogP contribution in [-0.2, 0) is 9.53 Å². The van der Waals surface area contributed by atoms with Crippen LogP contribution in [0.1, 0.15) is 26.7 Å². The molecule has 1 unspecified atom stereocenters. The highest BCUT2D eigenvalue weighted by Crippen LogP contribution is 2.43. The van der Waals surface area contributed by atoms with E-state index in [4.69, 9.17) is 4.74 Å². The van der Waals surface area contributed by atoms with Gasteiger partial charge in [-0.3, -0.25) is 0 Å². The van der Waals surface area contributed by atoms with Gasteiger partial charge >= 0.3 is 5.97 Å². The molecule has 0 radical (unpaired) electrons. The van der Waals surface area contributed by atoms with Crippen molar-refractivity contribution in [2.45, 2.75) is 26.7 Å². The number of rotatable bonds is 2. The highest BCUT2D eigenvalue weighted by molar-refractivity contribution is 5.91. The zero-order valence-corrected chi connectivity index (χ0v) is 8.52. The lowest BCUT2D eigenvalue weighted by atomic mass is 9.83. The van der Waals surface area contributed by atoms with Crippen LogP contribution in [0.4, 0.5) is 0 Å². The Morgan fingerprint density at radius 2 is 2.31 bits per heavy atom. The molecule has 0 aliphatic heterocycles. The molecule has 0 bridgehead atoms. The van der Waals surface area contributed by atoms with Gasteiger partial charge in [-0.1, -0.05) is 18.6 Å². The molecule has 72 valence electrons. The number of hydrogen-bond acceptors (Lipinski definition) is 2. The number of ether oxygens (including phenoxy) is 1. The second-order valence-electron chi connectivity index (χ2n) is 3.77. The maximum atomic E-state index is 11.5. The van der Waals surface area contributed by atoms with Gasteiger partial charge < -0.3 is 4.74 Å². The summed E-state index contributed by atoms with van der Waals surface area (Å²) < 4.78 is 4.76. The van der Waals surface area contributed by atoms with E-state index in [-0.39, 0.29) is 11.4 Å². The lowest BCUT2D eigenvalue weighted by Crippen LogP contribution is -2.20. The molecule has 0 spiro atoms. The first-order valence-corrected chi connectivity index (χ1v) is 4.47. The van der Waals surface area contributed by atoms with Gasteiger partial charge in [0.1, 0.15) is 0 Å². The van der Waals surface area contributed by atoms with Crippen molar-refractivity contribution in [3.05, 3.63) is 23.8 Å². The van der Waals surface area contributed by atoms with E-state index in [0.717, 1.165) is 24.0 Å². The second kappa shape index (κ2) is 3.36. The van der Waals surface area contributed by atoms with E-state index in [9.17, 15) is 4.79 Å². The molecule has 0 N–H and O–H groups in total. The quantitative estimate of drug-likeness (QED) is 0.482. The lowest BCUT2D eigenvalue weighted by molar-refractivity contribution is -0.137. The molecule has 13 heavy (non-hydrogen) atoms. The third kappa shape index (κ3) is 1.53. The summed E-state index contributed by atoms with van der Waals surface area (Å²) in [4.78, 5) is 11.5. The normalized spacial score (nSPS) is 27.6. The molecule has 0 fully saturated rings. The predicted octanol–water partition coefficient (Wildman–Crippen LogP) is 2.46. The molecule has 0 heterocycles. The highest BCUT2D eigenvalue weighted by Gasteiger charge is 2.37. The van der Waals surface area contributed by atoms with E-state index in [0.29, 0.717) is 0 Å². The van der Waals surface area contributed by atoms with Crippen molar-refractivity contribution < 1.29 is 9.53 Å². The minimum atomic E-state index is -0.211. The molecule has 2 nitrogen and oxygen atoms in total. The van der Waals surface area contributed by atoms with Crippen LogP contribution in [0.5, 0.6) is 0 Å². The van der Waals surface area contributed by atoms with Gasteiger partial charge in [-0.15, -0.1) is 6.58 Å². The van der Waals surface area contributed by atoms with Crippen molar-refractivity contribution in [2.24, 2.45) is 5.41 Å². The first kappa shape index (κ1) is 10.0. The second-order valence-corrected chi connectivity index (χ2v) is 3.77. The van der Waals surface area contributed by atoms with Crippen LogP contribution < -0.4 is 0 Å². The molecule has 1 aliphatic rings. The maximum Gasteiger partial charge on any atom is 0.334 e. The highest BCUT2D eigenvalue weighted by atomic mass is 16.5. The van der Waals surface area contributed by atoms with Gasteiger partial charge in [-0.2, -0.15) is 0 Å². The van der Waals surface area contributed by atoms with E-state index in [1.165, 1.54) is 7.11 Å². The van der Waals surface area contributed by atoms with Gasteiger partial charge in [0.25, 0.3) is 0 Å². The van der Waals surface area contributed by atoms with Gasteiger partial charge in [-0.05, 0) is 19.8 Å². The Morgan fingerprint density at radius 3 is 2.77 bits per heavy atom. The maximum absolute atomic E-state index is 11.5. The van der Waals surface area contributed by atoms with Crippen molar-refractivity contribution in [2.75, 3.05) is 7.11 Å². The molecule has 1 rings (SSSR count). The molecule has 0 aromatic heterocycles. The number of methoxy groups -OCH3 is 1. The van der Waals surface area contributed by atoms with Gasteiger partial charge in [0.2, 0.25) is 0 Å². The average Bonchev–Trinajstić information content (AvgIpc) is 2.43. The fourth-order valence-electron chi connectivity index (χ4n) is 1.90. The van der Waals surface area contributed by atoms with Crippen LogP contribution in [0.2, 0.25) is 0 Å². The molecular weight excluding hydrogens is 164 g/mol. The monoisotopic (exact) mass is 180 g/mol. The summed E-state index contributed by atoms with van der Waals surface area (Å²) in [6.07, 6.45) is 3.77. The molecule has 0 aromatic carbocycles. The smallest absolute Gasteiger partial charge is 0.334 e. The fourth-order valence-corrected chi connectivity index (χ4v) is 1.90. The Hall–Kier alpha value is -1.05. The summed E-state index contributed by atoms with van der Waals surface area (Å²) in [5, 5.41) is 0. The number of hydrogen-bond donors (Lipinski definition) is 0. The van der Waals surface area contributed by atoms with Gasteiger partial charge in [0.05, 0.1) is 7.11 Å². The largest absolute Gasteiger partial charge is 0.466 e. The first-order chi connectivity index (χ1) is 6.05. The van der Waals surface area contributed by atoms with Gasteiger partial charge in [0, 0.05) is 11.0 Å². The van der Waals surface area contributed by atoms with Crippen molar-refractivity contribution in [1.82, 2.24) is 0 Å². The summed E-state index contributed by atoms with van der Waals surface area (Å²) in [5.41, 5.74) is 1.75. The van der Waals surface area contributed by atoms with Crippen LogP contribution in [0.25, 0.3) is 0 Å².